The number of hydrogen-bond donors (Lipinski definition) is 0. The number of ether oxygens (including phenoxy) is 2. The molecule has 132 valence electrons. The summed E-state index contributed by atoms with van der Waals surface area (Å²) < 4.78 is 10.7. The zero-order chi connectivity index (χ0) is 18.5. The Kier molecular flexibility index (Phi) is 5.18. The first-order chi connectivity index (χ1) is 12.6. The van der Waals surface area contributed by atoms with Gasteiger partial charge in [0, 0.05) is 30.3 Å². The minimum atomic E-state index is -0.185. The molecule has 6 heteroatoms. The monoisotopic (exact) mass is 350 g/mol. The van der Waals surface area contributed by atoms with Gasteiger partial charge in [-0.2, -0.15) is 5.26 Å². The van der Waals surface area contributed by atoms with Crippen LogP contribution in [0.3, 0.4) is 0 Å². The Labute approximate surface area is 151 Å². The zero-order valence-corrected chi connectivity index (χ0v) is 14.4. The van der Waals surface area contributed by atoms with Gasteiger partial charge in [-0.1, -0.05) is 0 Å². The van der Waals surface area contributed by atoms with E-state index in [9.17, 15) is 9.59 Å². The van der Waals surface area contributed by atoms with E-state index in [2.05, 4.69) is 0 Å². The molecular formula is C20H18N2O4. The zero-order valence-electron chi connectivity index (χ0n) is 14.4. The van der Waals surface area contributed by atoms with Crippen LogP contribution in [0.1, 0.15) is 28.8 Å². The number of Topliss-reactive ketones (excluding diaryl/α,β-unsaturated/α-hetero) is 1. The summed E-state index contributed by atoms with van der Waals surface area (Å²) in [4.78, 5) is 25.8. The Bertz CT molecular complexity index is 868. The normalized spacial score (nSPS) is 13.4. The van der Waals surface area contributed by atoms with Crippen molar-refractivity contribution in [3.8, 4) is 17.6 Å². The van der Waals surface area contributed by atoms with E-state index in [4.69, 9.17) is 14.7 Å². The summed E-state index contributed by atoms with van der Waals surface area (Å²) in [5.41, 5.74) is 1.76. The lowest BCUT2D eigenvalue weighted by atomic mass is 10.1. The average molecular weight is 350 g/mol. The Hall–Kier alpha value is -3.33. The highest BCUT2D eigenvalue weighted by Gasteiger charge is 2.21. The molecule has 1 fully saturated rings. The third-order valence-corrected chi connectivity index (χ3v) is 4.23. The highest BCUT2D eigenvalue weighted by atomic mass is 16.5. The van der Waals surface area contributed by atoms with Crippen molar-refractivity contribution in [3.63, 3.8) is 0 Å². The van der Waals surface area contributed by atoms with Crippen molar-refractivity contribution in [2.24, 2.45) is 0 Å². The summed E-state index contributed by atoms with van der Waals surface area (Å²) >= 11 is 0. The minimum absolute atomic E-state index is 0.111. The van der Waals surface area contributed by atoms with Crippen molar-refractivity contribution in [1.82, 2.24) is 0 Å². The molecule has 2 aromatic carbocycles. The molecule has 1 saturated heterocycles. The summed E-state index contributed by atoms with van der Waals surface area (Å²) in [6, 6.07) is 13.7. The van der Waals surface area contributed by atoms with Gasteiger partial charge in [-0.05, 0) is 42.8 Å². The molecule has 0 atom stereocenters. The smallest absolute Gasteiger partial charge is 0.227 e. The van der Waals surface area contributed by atoms with Crippen LogP contribution in [0.2, 0.25) is 0 Å². The molecule has 26 heavy (non-hydrogen) atoms. The second-order valence-corrected chi connectivity index (χ2v) is 5.89. The van der Waals surface area contributed by atoms with E-state index in [0.717, 1.165) is 12.1 Å². The number of benzene rings is 2. The van der Waals surface area contributed by atoms with E-state index in [0.29, 0.717) is 35.6 Å². The van der Waals surface area contributed by atoms with Gasteiger partial charge in [0.15, 0.2) is 23.9 Å². The number of carbonyl (C=O) groups is 2. The Balaban J connectivity index is 1.65. The number of hydrogen-bond acceptors (Lipinski definition) is 5. The molecule has 0 unspecified atom stereocenters. The fourth-order valence-corrected chi connectivity index (χ4v) is 2.83. The van der Waals surface area contributed by atoms with Crippen molar-refractivity contribution in [3.05, 3.63) is 53.6 Å². The number of nitriles is 1. The highest BCUT2D eigenvalue weighted by molar-refractivity contribution is 5.99. The van der Waals surface area contributed by atoms with Gasteiger partial charge in [-0.3, -0.25) is 9.59 Å². The molecule has 0 aromatic heterocycles. The van der Waals surface area contributed by atoms with Crippen molar-refractivity contribution in [2.45, 2.75) is 12.8 Å². The molecule has 1 aliphatic rings. The number of nitrogens with zero attached hydrogens (tertiary/aromatic N) is 2. The van der Waals surface area contributed by atoms with E-state index >= 15 is 0 Å². The third-order valence-electron chi connectivity index (χ3n) is 4.23. The predicted molar refractivity (Wildman–Crippen MR) is 95.6 cm³/mol. The molecule has 0 N–H and O–H groups in total. The summed E-state index contributed by atoms with van der Waals surface area (Å²) in [6.45, 7) is 0.567. The van der Waals surface area contributed by atoms with Crippen LogP contribution in [-0.2, 0) is 4.79 Å². The lowest BCUT2D eigenvalue weighted by molar-refractivity contribution is -0.117. The fraction of sp³-hybridized carbons (Fsp3) is 0.250. The summed E-state index contributed by atoms with van der Waals surface area (Å²) in [7, 11) is 1.48. The van der Waals surface area contributed by atoms with Crippen LogP contribution in [0.4, 0.5) is 5.69 Å². The van der Waals surface area contributed by atoms with Gasteiger partial charge >= 0.3 is 0 Å². The van der Waals surface area contributed by atoms with Crippen LogP contribution in [0.15, 0.2) is 42.5 Å². The van der Waals surface area contributed by atoms with Crippen LogP contribution < -0.4 is 14.4 Å². The van der Waals surface area contributed by atoms with E-state index < -0.39 is 0 Å². The van der Waals surface area contributed by atoms with Crippen LogP contribution in [0, 0.1) is 11.3 Å². The first-order valence-electron chi connectivity index (χ1n) is 8.27. The second kappa shape index (κ2) is 7.70. The van der Waals surface area contributed by atoms with Gasteiger partial charge in [0.05, 0.1) is 18.7 Å². The number of amides is 1. The van der Waals surface area contributed by atoms with Gasteiger partial charge in [0.25, 0.3) is 0 Å². The maximum absolute atomic E-state index is 12.3. The number of methoxy groups -OCH3 is 1. The fourth-order valence-electron chi connectivity index (χ4n) is 2.83. The molecule has 0 bridgehead atoms. The van der Waals surface area contributed by atoms with Crippen LogP contribution >= 0.6 is 0 Å². The van der Waals surface area contributed by atoms with Crippen LogP contribution in [0.25, 0.3) is 0 Å². The first-order valence-corrected chi connectivity index (χ1v) is 8.27. The molecule has 1 aliphatic heterocycles. The number of ketones is 1. The maximum atomic E-state index is 12.3. The highest BCUT2D eigenvalue weighted by Crippen LogP contribution is 2.28. The van der Waals surface area contributed by atoms with E-state index in [-0.39, 0.29) is 18.3 Å². The molecule has 3 rings (SSSR count). The molecule has 0 saturated carbocycles. The molecule has 1 heterocycles. The van der Waals surface area contributed by atoms with E-state index in [1.165, 1.54) is 7.11 Å². The van der Waals surface area contributed by atoms with Crippen LogP contribution in [-0.4, -0.2) is 32.0 Å². The number of carbonyl (C=O) groups excluding carboxylic acids is 2. The van der Waals surface area contributed by atoms with Crippen molar-refractivity contribution >= 4 is 17.4 Å². The van der Waals surface area contributed by atoms with Gasteiger partial charge < -0.3 is 14.4 Å². The first kappa shape index (κ1) is 17.5. The van der Waals surface area contributed by atoms with E-state index in [1.54, 1.807) is 47.4 Å². The van der Waals surface area contributed by atoms with Crippen molar-refractivity contribution in [1.29, 1.82) is 5.26 Å². The Morgan fingerprint density at radius 1 is 1.19 bits per heavy atom. The molecular weight excluding hydrogens is 332 g/mol. The lowest BCUT2D eigenvalue weighted by Crippen LogP contribution is -2.23. The van der Waals surface area contributed by atoms with Crippen LogP contribution in [0.5, 0.6) is 11.5 Å². The standard InChI is InChI=1S/C20H18N2O4/c1-25-19-11-14(12-21)4-9-18(19)26-13-17(23)15-5-7-16(8-6-15)22-10-2-3-20(22)24/h4-9,11H,2-3,10,13H2,1H3. The molecule has 0 radical (unpaired) electrons. The molecule has 0 spiro atoms. The van der Waals surface area contributed by atoms with Crippen molar-refractivity contribution in [2.75, 3.05) is 25.2 Å². The average Bonchev–Trinajstić information content (AvgIpc) is 3.12. The molecule has 6 nitrogen and oxygen atoms in total. The SMILES string of the molecule is COc1cc(C#N)ccc1OCC(=O)c1ccc(N2CCCC2=O)cc1. The van der Waals surface area contributed by atoms with Gasteiger partial charge in [0.2, 0.25) is 5.91 Å². The minimum Gasteiger partial charge on any atom is -0.493 e. The summed E-state index contributed by atoms with van der Waals surface area (Å²) in [6.07, 6.45) is 1.43. The molecule has 2 aromatic rings. The lowest BCUT2D eigenvalue weighted by Gasteiger charge is -2.16. The number of anilines is 1. The van der Waals surface area contributed by atoms with E-state index in [1.807, 2.05) is 6.07 Å². The third kappa shape index (κ3) is 3.67. The topological polar surface area (TPSA) is 79.6 Å². The molecule has 1 amide bonds. The number of rotatable bonds is 6. The van der Waals surface area contributed by atoms with Gasteiger partial charge in [-0.25, -0.2) is 0 Å². The predicted octanol–water partition coefficient (Wildman–Crippen LogP) is 2.96. The quantitative estimate of drug-likeness (QED) is 0.748. The van der Waals surface area contributed by atoms with Gasteiger partial charge in [0.1, 0.15) is 0 Å². The Morgan fingerprint density at radius 2 is 1.96 bits per heavy atom. The largest absolute Gasteiger partial charge is 0.493 e. The summed E-state index contributed by atoms with van der Waals surface area (Å²) in [5, 5.41) is 8.91. The maximum Gasteiger partial charge on any atom is 0.227 e. The van der Waals surface area contributed by atoms with Crippen molar-refractivity contribution < 1.29 is 19.1 Å². The summed E-state index contributed by atoms with van der Waals surface area (Å²) in [5.74, 6) is 0.731. The second-order valence-electron chi connectivity index (χ2n) is 5.89. The Morgan fingerprint density at radius 3 is 2.58 bits per heavy atom. The van der Waals surface area contributed by atoms with Gasteiger partial charge in [-0.15, -0.1) is 0 Å². The molecule has 0 aliphatic carbocycles.